The molecule has 1 amide bonds. The van der Waals surface area contributed by atoms with Crippen LogP contribution in [0, 0.1) is 24.0 Å². The average molecular weight is 414 g/mol. The van der Waals surface area contributed by atoms with E-state index >= 15 is 0 Å². The van der Waals surface area contributed by atoms with Gasteiger partial charge in [-0.2, -0.15) is 0 Å². The maximum atomic E-state index is 13.0. The molecule has 3 aromatic carbocycles. The van der Waals surface area contributed by atoms with Crippen LogP contribution < -0.4 is 10.9 Å². The van der Waals surface area contributed by atoms with Crippen molar-refractivity contribution in [3.63, 3.8) is 0 Å². The number of nitrogens with one attached hydrogen (secondary N) is 1. The highest BCUT2D eigenvalue weighted by atomic mass is 16.6. The second-order valence-corrected chi connectivity index (χ2v) is 7.08. The Morgan fingerprint density at radius 1 is 1.03 bits per heavy atom. The summed E-state index contributed by atoms with van der Waals surface area (Å²) in [7, 11) is 0. The summed E-state index contributed by atoms with van der Waals surface area (Å²) in [5, 5.41) is 14.4. The summed E-state index contributed by atoms with van der Waals surface area (Å²) in [6.07, 6.45) is 0. The first kappa shape index (κ1) is 20.0. The van der Waals surface area contributed by atoms with Crippen LogP contribution in [0.25, 0.3) is 16.6 Å². The number of benzene rings is 3. The minimum Gasteiger partial charge on any atom is -0.322 e. The Balaban J connectivity index is 1.70. The number of aryl methyl sites for hydroxylation is 2. The molecule has 8 heteroatoms. The number of carbonyl (C=O) groups is 1. The summed E-state index contributed by atoms with van der Waals surface area (Å²) in [5.74, 6) is 0.0299. The second kappa shape index (κ2) is 7.83. The maximum Gasteiger partial charge on any atom is 0.273 e. The van der Waals surface area contributed by atoms with Crippen molar-refractivity contribution in [1.82, 2.24) is 9.55 Å². The van der Waals surface area contributed by atoms with Crippen LogP contribution in [0.1, 0.15) is 21.7 Å². The summed E-state index contributed by atoms with van der Waals surface area (Å²) in [6, 6.07) is 18.2. The van der Waals surface area contributed by atoms with Gasteiger partial charge in [0, 0.05) is 22.9 Å². The fraction of sp³-hybridized carbons (Fsp3) is 0.0870. The number of nitro benzene ring substituents is 1. The number of nitro groups is 1. The van der Waals surface area contributed by atoms with Gasteiger partial charge in [0.15, 0.2) is 0 Å². The van der Waals surface area contributed by atoms with E-state index in [1.165, 1.54) is 22.8 Å². The summed E-state index contributed by atoms with van der Waals surface area (Å²) in [4.78, 5) is 40.8. The molecule has 0 atom stereocenters. The molecule has 1 heterocycles. The van der Waals surface area contributed by atoms with E-state index in [1.807, 2.05) is 6.07 Å². The standard InChI is InChI=1S/C23H18N4O4/c1-14-10-11-16(12-21(14)27(30)31)22(28)25-17-6-5-7-18(13-17)26-15(2)24-20-9-4-3-8-19(20)23(26)29/h3-13H,1-2H3,(H,25,28). The van der Waals surface area contributed by atoms with Gasteiger partial charge in [-0.05, 0) is 50.2 Å². The van der Waals surface area contributed by atoms with Crippen molar-refractivity contribution in [3.8, 4) is 5.69 Å². The summed E-state index contributed by atoms with van der Waals surface area (Å²) < 4.78 is 1.48. The number of carbonyl (C=O) groups excluding carboxylic acids is 1. The number of hydrogen-bond donors (Lipinski definition) is 1. The van der Waals surface area contributed by atoms with Gasteiger partial charge >= 0.3 is 0 Å². The lowest BCUT2D eigenvalue weighted by Crippen LogP contribution is -2.22. The van der Waals surface area contributed by atoms with Crippen LogP contribution >= 0.6 is 0 Å². The van der Waals surface area contributed by atoms with E-state index in [0.717, 1.165) is 0 Å². The highest BCUT2D eigenvalue weighted by Gasteiger charge is 2.16. The SMILES string of the molecule is Cc1ccc(C(=O)Nc2cccc(-n3c(C)nc4ccccc4c3=O)c2)cc1[N+](=O)[O-]. The van der Waals surface area contributed by atoms with Gasteiger partial charge in [0.2, 0.25) is 0 Å². The Morgan fingerprint density at radius 3 is 2.58 bits per heavy atom. The lowest BCUT2D eigenvalue weighted by molar-refractivity contribution is -0.385. The van der Waals surface area contributed by atoms with Crippen LogP contribution in [0.15, 0.2) is 71.5 Å². The zero-order valence-corrected chi connectivity index (χ0v) is 16.8. The molecular weight excluding hydrogens is 396 g/mol. The molecule has 4 aromatic rings. The van der Waals surface area contributed by atoms with E-state index in [0.29, 0.717) is 33.7 Å². The third-order valence-electron chi connectivity index (χ3n) is 4.97. The molecule has 0 radical (unpaired) electrons. The molecule has 4 rings (SSSR count). The van der Waals surface area contributed by atoms with Crippen LogP contribution in [-0.4, -0.2) is 20.4 Å². The second-order valence-electron chi connectivity index (χ2n) is 7.08. The van der Waals surface area contributed by atoms with E-state index in [-0.39, 0.29) is 16.8 Å². The topological polar surface area (TPSA) is 107 Å². The minimum absolute atomic E-state index is 0.120. The van der Waals surface area contributed by atoms with Gasteiger partial charge in [-0.3, -0.25) is 24.3 Å². The average Bonchev–Trinajstić information content (AvgIpc) is 2.74. The van der Waals surface area contributed by atoms with Crippen LogP contribution in [0.3, 0.4) is 0 Å². The van der Waals surface area contributed by atoms with Crippen molar-refractivity contribution in [1.29, 1.82) is 0 Å². The molecule has 31 heavy (non-hydrogen) atoms. The smallest absolute Gasteiger partial charge is 0.273 e. The summed E-state index contributed by atoms with van der Waals surface area (Å²) in [6.45, 7) is 3.35. The largest absolute Gasteiger partial charge is 0.322 e. The van der Waals surface area contributed by atoms with Crippen molar-refractivity contribution in [3.05, 3.63) is 104 Å². The lowest BCUT2D eigenvalue weighted by atomic mass is 10.1. The normalized spacial score (nSPS) is 10.8. The van der Waals surface area contributed by atoms with Crippen molar-refractivity contribution >= 4 is 28.2 Å². The quantitative estimate of drug-likeness (QED) is 0.398. The van der Waals surface area contributed by atoms with Crippen LogP contribution in [0.5, 0.6) is 0 Å². The number of fused-ring (bicyclic) bond motifs is 1. The van der Waals surface area contributed by atoms with Crippen LogP contribution in [0.2, 0.25) is 0 Å². The maximum absolute atomic E-state index is 13.0. The van der Waals surface area contributed by atoms with E-state index in [9.17, 15) is 19.7 Å². The summed E-state index contributed by atoms with van der Waals surface area (Å²) >= 11 is 0. The van der Waals surface area contributed by atoms with Gasteiger partial charge in [-0.1, -0.05) is 24.3 Å². The Labute approximate surface area is 176 Å². The van der Waals surface area contributed by atoms with Gasteiger partial charge in [-0.25, -0.2) is 4.98 Å². The first-order valence-electron chi connectivity index (χ1n) is 9.50. The molecule has 0 fully saturated rings. The van der Waals surface area contributed by atoms with Crippen molar-refractivity contribution in [2.45, 2.75) is 13.8 Å². The van der Waals surface area contributed by atoms with E-state index in [4.69, 9.17) is 0 Å². The predicted molar refractivity (Wildman–Crippen MR) is 118 cm³/mol. The number of rotatable bonds is 4. The number of nitrogens with zero attached hydrogens (tertiary/aromatic N) is 3. The molecule has 0 aliphatic carbocycles. The Bertz CT molecular complexity index is 1410. The lowest BCUT2D eigenvalue weighted by Gasteiger charge is -2.13. The molecule has 0 saturated carbocycles. The zero-order valence-electron chi connectivity index (χ0n) is 16.8. The molecule has 8 nitrogen and oxygen atoms in total. The molecule has 0 spiro atoms. The molecule has 1 N–H and O–H groups in total. The number of hydrogen-bond acceptors (Lipinski definition) is 5. The minimum atomic E-state index is -0.519. The molecule has 0 aliphatic heterocycles. The number of anilines is 1. The first-order chi connectivity index (χ1) is 14.8. The van der Waals surface area contributed by atoms with Crippen molar-refractivity contribution in [2.75, 3.05) is 5.32 Å². The highest BCUT2D eigenvalue weighted by Crippen LogP contribution is 2.21. The van der Waals surface area contributed by atoms with Gasteiger partial charge < -0.3 is 5.32 Å². The third-order valence-corrected chi connectivity index (χ3v) is 4.97. The van der Waals surface area contributed by atoms with E-state index in [1.54, 1.807) is 56.3 Å². The van der Waals surface area contributed by atoms with E-state index in [2.05, 4.69) is 10.3 Å². The third kappa shape index (κ3) is 3.78. The Morgan fingerprint density at radius 2 is 1.81 bits per heavy atom. The van der Waals surface area contributed by atoms with Crippen molar-refractivity contribution in [2.24, 2.45) is 0 Å². The molecule has 0 bridgehead atoms. The summed E-state index contributed by atoms with van der Waals surface area (Å²) in [5.41, 5.74) is 1.93. The molecule has 0 aliphatic rings. The van der Waals surface area contributed by atoms with Gasteiger partial charge in [0.1, 0.15) is 5.82 Å². The van der Waals surface area contributed by atoms with Crippen molar-refractivity contribution < 1.29 is 9.72 Å². The predicted octanol–water partition coefficient (Wildman–Crippen LogP) is 4.16. The number of para-hydroxylation sites is 1. The number of amides is 1. The fourth-order valence-electron chi connectivity index (χ4n) is 3.42. The molecular formula is C23H18N4O4. The number of aromatic nitrogens is 2. The molecule has 154 valence electrons. The molecule has 1 aromatic heterocycles. The Kier molecular flexibility index (Phi) is 5.04. The van der Waals surface area contributed by atoms with Gasteiger partial charge in [-0.15, -0.1) is 0 Å². The fourth-order valence-corrected chi connectivity index (χ4v) is 3.42. The van der Waals surface area contributed by atoms with Crippen LogP contribution in [-0.2, 0) is 0 Å². The monoisotopic (exact) mass is 414 g/mol. The first-order valence-corrected chi connectivity index (χ1v) is 9.50. The van der Waals surface area contributed by atoms with E-state index < -0.39 is 10.8 Å². The zero-order chi connectivity index (χ0) is 22.1. The molecule has 0 saturated heterocycles. The highest BCUT2D eigenvalue weighted by molar-refractivity contribution is 6.04. The Hall–Kier alpha value is -4.33. The van der Waals surface area contributed by atoms with Crippen LogP contribution in [0.4, 0.5) is 11.4 Å². The molecule has 0 unspecified atom stereocenters. The van der Waals surface area contributed by atoms with Gasteiger partial charge in [0.05, 0.1) is 21.5 Å². The van der Waals surface area contributed by atoms with Gasteiger partial charge in [0.25, 0.3) is 17.2 Å².